The largest absolute Gasteiger partial charge is 0.311 e. The number of piperazine rings is 1. The Morgan fingerprint density at radius 2 is 1.95 bits per heavy atom. The molecule has 4 nitrogen and oxygen atoms in total. The predicted molar refractivity (Wildman–Crippen MR) is 85.8 cm³/mol. The molecule has 20 heavy (non-hydrogen) atoms. The summed E-state index contributed by atoms with van der Waals surface area (Å²) in [5.41, 5.74) is 0. The van der Waals surface area contributed by atoms with Crippen molar-refractivity contribution in [3.05, 3.63) is 0 Å². The highest BCUT2D eigenvalue weighted by atomic mass is 32.2. The monoisotopic (exact) mass is 304 g/mol. The molecule has 0 saturated carbocycles. The van der Waals surface area contributed by atoms with E-state index in [1.807, 2.05) is 13.8 Å². The molecule has 0 amide bonds. The Labute approximate surface area is 125 Å². The summed E-state index contributed by atoms with van der Waals surface area (Å²) in [5, 5.41) is 3.61. The molecule has 1 saturated heterocycles. The zero-order valence-corrected chi connectivity index (χ0v) is 14.8. The van der Waals surface area contributed by atoms with E-state index in [2.05, 4.69) is 31.0 Å². The third-order valence-corrected chi connectivity index (χ3v) is 6.67. The first kappa shape index (κ1) is 17.9. The summed E-state index contributed by atoms with van der Waals surface area (Å²) in [6, 6.07) is 0.912. The highest BCUT2D eigenvalue weighted by Crippen LogP contribution is 2.23. The van der Waals surface area contributed by atoms with Crippen LogP contribution < -0.4 is 5.32 Å². The average molecular weight is 305 g/mol. The third kappa shape index (κ3) is 4.43. The van der Waals surface area contributed by atoms with Crippen LogP contribution in [0.3, 0.4) is 0 Å². The van der Waals surface area contributed by atoms with Gasteiger partial charge in [0.2, 0.25) is 0 Å². The summed E-state index contributed by atoms with van der Waals surface area (Å²) >= 11 is 0. The topological polar surface area (TPSA) is 49.4 Å². The van der Waals surface area contributed by atoms with Crippen molar-refractivity contribution in [2.24, 2.45) is 5.92 Å². The first-order chi connectivity index (χ1) is 9.08. The van der Waals surface area contributed by atoms with Gasteiger partial charge in [-0.3, -0.25) is 4.90 Å². The van der Waals surface area contributed by atoms with Gasteiger partial charge in [0.1, 0.15) is 0 Å². The minimum Gasteiger partial charge on any atom is -0.311 e. The zero-order chi connectivity index (χ0) is 15.6. The fourth-order valence-electron chi connectivity index (χ4n) is 2.89. The molecular formula is C15H32N2O2S. The van der Waals surface area contributed by atoms with Crippen LogP contribution in [0.2, 0.25) is 0 Å². The van der Waals surface area contributed by atoms with E-state index in [1.54, 1.807) is 0 Å². The lowest BCUT2D eigenvalue weighted by atomic mass is 9.96. The van der Waals surface area contributed by atoms with Crippen LogP contribution in [0.5, 0.6) is 0 Å². The van der Waals surface area contributed by atoms with Crippen molar-refractivity contribution in [2.75, 3.05) is 25.9 Å². The quantitative estimate of drug-likeness (QED) is 0.814. The zero-order valence-electron chi connectivity index (χ0n) is 13.9. The van der Waals surface area contributed by atoms with Crippen LogP contribution >= 0.6 is 0 Å². The molecule has 2 unspecified atom stereocenters. The van der Waals surface area contributed by atoms with Gasteiger partial charge < -0.3 is 5.32 Å². The van der Waals surface area contributed by atoms with Crippen molar-refractivity contribution in [3.63, 3.8) is 0 Å². The van der Waals surface area contributed by atoms with Crippen molar-refractivity contribution in [2.45, 2.75) is 64.3 Å². The van der Waals surface area contributed by atoms with Gasteiger partial charge in [-0.25, -0.2) is 8.42 Å². The van der Waals surface area contributed by atoms with Gasteiger partial charge in [-0.2, -0.15) is 0 Å². The summed E-state index contributed by atoms with van der Waals surface area (Å²) in [6.07, 6.45) is 3.66. The molecule has 0 spiro atoms. The lowest BCUT2D eigenvalue weighted by molar-refractivity contribution is 0.0876. The molecule has 0 aliphatic carbocycles. The fourth-order valence-corrected chi connectivity index (χ4v) is 3.29. The number of nitrogens with zero attached hydrogens (tertiary/aromatic N) is 1. The van der Waals surface area contributed by atoms with Crippen molar-refractivity contribution < 1.29 is 8.42 Å². The smallest absolute Gasteiger partial charge is 0.153 e. The van der Waals surface area contributed by atoms with E-state index in [1.165, 1.54) is 6.26 Å². The van der Waals surface area contributed by atoms with Gasteiger partial charge in [0.25, 0.3) is 0 Å². The Balaban J connectivity index is 2.84. The normalized spacial score (nSPS) is 26.1. The van der Waals surface area contributed by atoms with Crippen LogP contribution in [-0.2, 0) is 9.84 Å². The van der Waals surface area contributed by atoms with Gasteiger partial charge in [-0.15, -0.1) is 0 Å². The van der Waals surface area contributed by atoms with E-state index < -0.39 is 14.6 Å². The highest BCUT2D eigenvalue weighted by molar-refractivity contribution is 7.92. The van der Waals surface area contributed by atoms with Crippen LogP contribution in [0.15, 0.2) is 0 Å². The SMILES string of the molecule is CCCC1CN(CC(C)(C)S(C)(=O)=O)C(C(C)C)CN1. The number of hydrogen-bond acceptors (Lipinski definition) is 4. The summed E-state index contributed by atoms with van der Waals surface area (Å²) in [7, 11) is -3.04. The first-order valence-corrected chi connectivity index (χ1v) is 9.64. The highest BCUT2D eigenvalue weighted by Gasteiger charge is 2.37. The maximum atomic E-state index is 12.0. The number of nitrogens with one attached hydrogen (secondary N) is 1. The Morgan fingerprint density at radius 1 is 1.35 bits per heavy atom. The number of hydrogen-bond donors (Lipinski definition) is 1. The molecule has 1 aliphatic heterocycles. The molecule has 1 aliphatic rings. The molecule has 0 aromatic carbocycles. The van der Waals surface area contributed by atoms with E-state index in [4.69, 9.17) is 0 Å². The van der Waals surface area contributed by atoms with Crippen LogP contribution in [0, 0.1) is 5.92 Å². The second-order valence-electron chi connectivity index (χ2n) is 7.17. The second-order valence-corrected chi connectivity index (χ2v) is 9.82. The van der Waals surface area contributed by atoms with Gasteiger partial charge in [-0.05, 0) is 26.2 Å². The predicted octanol–water partition coefficient (Wildman–Crippen LogP) is 1.91. The fraction of sp³-hybridized carbons (Fsp3) is 1.00. The Morgan fingerprint density at radius 3 is 2.40 bits per heavy atom. The van der Waals surface area contributed by atoms with Gasteiger partial charge in [-0.1, -0.05) is 27.2 Å². The Hall–Kier alpha value is -0.130. The lowest BCUT2D eigenvalue weighted by Gasteiger charge is -2.45. The van der Waals surface area contributed by atoms with E-state index in [9.17, 15) is 8.42 Å². The molecule has 0 radical (unpaired) electrons. The summed E-state index contributed by atoms with van der Waals surface area (Å²) < 4.78 is 23.3. The Kier molecular flexibility index (Phi) is 6.05. The molecule has 120 valence electrons. The minimum absolute atomic E-state index is 0.420. The molecule has 0 bridgehead atoms. The molecule has 0 aromatic heterocycles. The van der Waals surface area contributed by atoms with Crippen molar-refractivity contribution in [1.82, 2.24) is 10.2 Å². The van der Waals surface area contributed by atoms with Crippen LogP contribution in [0.4, 0.5) is 0 Å². The van der Waals surface area contributed by atoms with Gasteiger partial charge >= 0.3 is 0 Å². The molecule has 1 N–H and O–H groups in total. The van der Waals surface area contributed by atoms with Gasteiger partial charge in [0, 0.05) is 38.0 Å². The van der Waals surface area contributed by atoms with Crippen LogP contribution in [0.25, 0.3) is 0 Å². The maximum absolute atomic E-state index is 12.0. The van der Waals surface area contributed by atoms with E-state index in [-0.39, 0.29) is 0 Å². The van der Waals surface area contributed by atoms with E-state index in [0.717, 1.165) is 25.9 Å². The molecule has 2 atom stereocenters. The molecular weight excluding hydrogens is 272 g/mol. The number of sulfone groups is 1. The third-order valence-electron chi connectivity index (χ3n) is 4.53. The second kappa shape index (κ2) is 6.75. The standard InChI is InChI=1S/C15H32N2O2S/c1-7-8-13-10-17(14(9-16-13)12(2)3)11-15(4,5)20(6,18)19/h12-14,16H,7-11H2,1-6H3. The summed E-state index contributed by atoms with van der Waals surface area (Å²) in [5.74, 6) is 0.528. The molecule has 1 rings (SSSR count). The van der Waals surface area contributed by atoms with Crippen LogP contribution in [-0.4, -0.2) is 56.0 Å². The molecule has 1 heterocycles. The maximum Gasteiger partial charge on any atom is 0.153 e. The minimum atomic E-state index is -3.04. The lowest BCUT2D eigenvalue weighted by Crippen LogP contribution is -2.61. The summed E-state index contributed by atoms with van der Waals surface area (Å²) in [6.45, 7) is 12.8. The molecule has 0 aromatic rings. The Bertz CT molecular complexity index is 404. The molecule has 5 heteroatoms. The van der Waals surface area contributed by atoms with Crippen molar-refractivity contribution in [3.8, 4) is 0 Å². The van der Waals surface area contributed by atoms with Crippen molar-refractivity contribution >= 4 is 9.84 Å². The molecule has 1 fully saturated rings. The van der Waals surface area contributed by atoms with Crippen molar-refractivity contribution in [1.29, 1.82) is 0 Å². The average Bonchev–Trinajstić information content (AvgIpc) is 2.27. The first-order valence-electron chi connectivity index (χ1n) is 7.75. The van der Waals surface area contributed by atoms with E-state index in [0.29, 0.717) is 24.5 Å². The summed E-state index contributed by atoms with van der Waals surface area (Å²) in [4.78, 5) is 2.39. The van der Waals surface area contributed by atoms with Gasteiger partial charge in [0.15, 0.2) is 9.84 Å². The van der Waals surface area contributed by atoms with Crippen LogP contribution in [0.1, 0.15) is 47.5 Å². The number of rotatable bonds is 6. The van der Waals surface area contributed by atoms with Gasteiger partial charge in [0.05, 0.1) is 4.75 Å². The van der Waals surface area contributed by atoms with E-state index >= 15 is 0 Å².